The highest BCUT2D eigenvalue weighted by Gasteiger charge is 2.44. The molecule has 0 aliphatic heterocycles. The molecule has 1 N–H and O–H groups in total. The van der Waals surface area contributed by atoms with Crippen LogP contribution in [0.2, 0.25) is 0 Å². The van der Waals surface area contributed by atoms with E-state index in [9.17, 15) is 4.79 Å². The quantitative estimate of drug-likeness (QED) is 0.544. The van der Waals surface area contributed by atoms with Gasteiger partial charge in [0.25, 0.3) is 0 Å². The second kappa shape index (κ2) is 9.45. The zero-order chi connectivity index (χ0) is 22.9. The van der Waals surface area contributed by atoms with E-state index in [4.69, 9.17) is 4.74 Å². The van der Waals surface area contributed by atoms with Gasteiger partial charge in [0.05, 0.1) is 0 Å². The number of alkyl carbamates (subject to hydrolysis) is 1. The number of nitrogens with one attached hydrogen (secondary N) is 1. The summed E-state index contributed by atoms with van der Waals surface area (Å²) in [5, 5.41) is 3.20. The number of hydrogen-bond donors (Lipinski definition) is 1. The fourth-order valence-corrected chi connectivity index (χ4v) is 6.53. The van der Waals surface area contributed by atoms with Gasteiger partial charge in [0, 0.05) is 6.04 Å². The maximum Gasteiger partial charge on any atom is 0.407 e. The smallest absolute Gasteiger partial charge is 0.407 e. The Bertz CT molecular complexity index is 835. The van der Waals surface area contributed by atoms with Crippen molar-refractivity contribution in [3.63, 3.8) is 0 Å². The van der Waals surface area contributed by atoms with Crippen molar-refractivity contribution in [1.82, 2.24) is 5.32 Å². The Kier molecular flexibility index (Phi) is 6.83. The molecule has 174 valence electrons. The lowest BCUT2D eigenvalue weighted by atomic mass is 9.68. The minimum atomic E-state index is -0.456. The summed E-state index contributed by atoms with van der Waals surface area (Å²) in [6.45, 7) is 10.3. The highest BCUT2D eigenvalue weighted by molar-refractivity contribution is 5.68. The number of carbonyl (C=O) groups is 1. The minimum absolute atomic E-state index is 0.215. The number of amides is 1. The predicted molar refractivity (Wildman–Crippen MR) is 132 cm³/mol. The molecule has 3 aliphatic rings. The third kappa shape index (κ3) is 5.66. The molecular weight excluding hydrogens is 394 g/mol. The maximum atomic E-state index is 12.4. The van der Waals surface area contributed by atoms with Crippen LogP contribution in [-0.2, 0) is 4.74 Å². The Morgan fingerprint density at radius 2 is 1.59 bits per heavy atom. The summed E-state index contributed by atoms with van der Waals surface area (Å²) in [7, 11) is 0. The molecule has 1 aromatic carbocycles. The van der Waals surface area contributed by atoms with Crippen molar-refractivity contribution in [2.75, 3.05) is 0 Å². The molecule has 2 saturated carbocycles. The van der Waals surface area contributed by atoms with Crippen LogP contribution >= 0.6 is 0 Å². The van der Waals surface area contributed by atoms with Gasteiger partial charge in [-0.15, -0.1) is 0 Å². The van der Waals surface area contributed by atoms with Crippen LogP contribution in [0.1, 0.15) is 76.8 Å². The molecule has 3 heteroatoms. The van der Waals surface area contributed by atoms with Gasteiger partial charge in [0.2, 0.25) is 0 Å². The second-order valence-corrected chi connectivity index (χ2v) is 11.7. The van der Waals surface area contributed by atoms with E-state index in [0.717, 1.165) is 12.8 Å². The van der Waals surface area contributed by atoms with Gasteiger partial charge >= 0.3 is 6.09 Å². The summed E-state index contributed by atoms with van der Waals surface area (Å²) in [5.41, 5.74) is 2.38. The highest BCUT2D eigenvalue weighted by atomic mass is 16.6. The normalized spacial score (nSPS) is 32.9. The number of rotatable bonds is 4. The Morgan fingerprint density at radius 3 is 2.25 bits per heavy atom. The summed E-state index contributed by atoms with van der Waals surface area (Å²) in [6, 6.07) is 9.42. The predicted octanol–water partition coefficient (Wildman–Crippen LogP) is 7.18. The second-order valence-electron chi connectivity index (χ2n) is 11.7. The molecule has 0 heterocycles. The number of allylic oxidation sites excluding steroid dienone is 4. The van der Waals surface area contributed by atoms with Crippen LogP contribution in [-0.4, -0.2) is 17.7 Å². The molecule has 0 spiro atoms. The first kappa shape index (κ1) is 23.1. The number of aryl methyl sites for hydroxylation is 1. The Hall–Kier alpha value is -2.03. The maximum absolute atomic E-state index is 12.4. The molecule has 1 amide bonds. The molecule has 2 fully saturated rings. The van der Waals surface area contributed by atoms with E-state index < -0.39 is 5.60 Å². The summed E-state index contributed by atoms with van der Waals surface area (Å²) < 4.78 is 5.56. The van der Waals surface area contributed by atoms with E-state index in [2.05, 4.69) is 67.7 Å². The first-order valence-corrected chi connectivity index (χ1v) is 12.6. The monoisotopic (exact) mass is 435 g/mol. The van der Waals surface area contributed by atoms with Crippen LogP contribution in [0.15, 0.2) is 48.6 Å². The summed E-state index contributed by atoms with van der Waals surface area (Å²) in [5.74, 6) is 3.87. The molecule has 1 aromatic rings. The van der Waals surface area contributed by atoms with E-state index in [1.165, 1.54) is 30.4 Å². The van der Waals surface area contributed by atoms with Crippen LogP contribution in [0.25, 0.3) is 0 Å². The lowest BCUT2D eigenvalue weighted by Gasteiger charge is -2.40. The lowest BCUT2D eigenvalue weighted by molar-refractivity contribution is 0.0452. The van der Waals surface area contributed by atoms with Gasteiger partial charge in [0.15, 0.2) is 0 Å². The SMILES string of the molecule is Cc1ccc([C@H]2C[C@H](C3C=CC=C3)[C@@H](C3C[C@H](C)C[C@@H](NC(=O)OC(C)(C)C)C3)C2)cc1. The lowest BCUT2D eigenvalue weighted by Crippen LogP contribution is -2.44. The van der Waals surface area contributed by atoms with Gasteiger partial charge < -0.3 is 10.1 Å². The van der Waals surface area contributed by atoms with Crippen LogP contribution in [0, 0.1) is 36.5 Å². The Balaban J connectivity index is 1.49. The van der Waals surface area contributed by atoms with Crippen molar-refractivity contribution in [3.05, 3.63) is 59.7 Å². The third-order valence-electron chi connectivity index (χ3n) is 7.79. The molecule has 4 rings (SSSR count). The molecule has 6 atom stereocenters. The van der Waals surface area contributed by atoms with Crippen LogP contribution in [0.4, 0.5) is 4.79 Å². The molecule has 0 aromatic heterocycles. The van der Waals surface area contributed by atoms with Crippen molar-refractivity contribution < 1.29 is 9.53 Å². The molecule has 1 unspecified atom stereocenters. The van der Waals surface area contributed by atoms with Gasteiger partial charge in [-0.1, -0.05) is 61.1 Å². The van der Waals surface area contributed by atoms with Crippen molar-refractivity contribution in [3.8, 4) is 0 Å². The molecule has 0 saturated heterocycles. The first-order valence-electron chi connectivity index (χ1n) is 12.6. The average Bonchev–Trinajstić information content (AvgIpc) is 3.36. The van der Waals surface area contributed by atoms with Crippen LogP contribution in [0.5, 0.6) is 0 Å². The topological polar surface area (TPSA) is 38.3 Å². The number of carbonyl (C=O) groups excluding carboxylic acids is 1. The molecular formula is C29H41NO2. The summed E-state index contributed by atoms with van der Waals surface area (Å²) >= 11 is 0. The summed E-state index contributed by atoms with van der Waals surface area (Å²) in [6.07, 6.45) is 14.9. The fourth-order valence-electron chi connectivity index (χ4n) is 6.53. The van der Waals surface area contributed by atoms with Crippen LogP contribution < -0.4 is 5.32 Å². The fraction of sp³-hybridized carbons (Fsp3) is 0.621. The van der Waals surface area contributed by atoms with E-state index in [0.29, 0.717) is 35.5 Å². The van der Waals surface area contributed by atoms with Crippen molar-refractivity contribution in [1.29, 1.82) is 0 Å². The molecule has 32 heavy (non-hydrogen) atoms. The molecule has 0 radical (unpaired) electrons. The van der Waals surface area contributed by atoms with Crippen molar-refractivity contribution >= 4 is 6.09 Å². The van der Waals surface area contributed by atoms with E-state index >= 15 is 0 Å². The van der Waals surface area contributed by atoms with Gasteiger partial charge in [-0.05, 0) is 101 Å². The van der Waals surface area contributed by atoms with Gasteiger partial charge in [0.1, 0.15) is 5.60 Å². The van der Waals surface area contributed by atoms with Crippen molar-refractivity contribution in [2.24, 2.45) is 29.6 Å². The zero-order valence-corrected chi connectivity index (χ0v) is 20.5. The molecule has 3 nitrogen and oxygen atoms in total. The van der Waals surface area contributed by atoms with Crippen molar-refractivity contribution in [2.45, 2.75) is 84.3 Å². The number of benzene rings is 1. The van der Waals surface area contributed by atoms with Gasteiger partial charge in [-0.3, -0.25) is 0 Å². The van der Waals surface area contributed by atoms with E-state index in [1.54, 1.807) is 0 Å². The molecule has 0 bridgehead atoms. The minimum Gasteiger partial charge on any atom is -0.444 e. The standard InChI is InChI=1S/C29H41NO2/c1-19-10-12-21(13-11-19)23-17-26(22-8-6-7-9-22)27(18-23)24-14-20(2)15-25(16-24)30-28(31)32-29(3,4)5/h6-13,20,22-27H,14-18H2,1-5H3,(H,30,31)/t20-,23-,24?,25+,26+,27+/m0/s1. The van der Waals surface area contributed by atoms with E-state index in [-0.39, 0.29) is 12.1 Å². The summed E-state index contributed by atoms with van der Waals surface area (Å²) in [4.78, 5) is 12.4. The number of ether oxygens (including phenoxy) is 1. The molecule has 3 aliphatic carbocycles. The average molecular weight is 436 g/mol. The first-order chi connectivity index (χ1) is 15.2. The Morgan fingerprint density at radius 1 is 0.938 bits per heavy atom. The van der Waals surface area contributed by atoms with E-state index in [1.807, 2.05) is 20.8 Å². The largest absolute Gasteiger partial charge is 0.444 e. The number of hydrogen-bond acceptors (Lipinski definition) is 2. The Labute approximate surface area is 194 Å². The van der Waals surface area contributed by atoms with Crippen LogP contribution in [0.3, 0.4) is 0 Å². The van der Waals surface area contributed by atoms with Gasteiger partial charge in [-0.2, -0.15) is 0 Å². The highest BCUT2D eigenvalue weighted by Crippen LogP contribution is 2.53. The van der Waals surface area contributed by atoms with Gasteiger partial charge in [-0.25, -0.2) is 4.79 Å². The third-order valence-corrected chi connectivity index (χ3v) is 7.79. The zero-order valence-electron chi connectivity index (χ0n) is 20.5.